The first-order valence-corrected chi connectivity index (χ1v) is 6.16. The summed E-state index contributed by atoms with van der Waals surface area (Å²) in [6, 6.07) is 12.4. The van der Waals surface area contributed by atoms with Crippen LogP contribution in [-0.4, -0.2) is 16.1 Å². The number of nitrogens with one attached hydrogen (secondary N) is 1. The molecule has 0 aliphatic carbocycles. The average molecular weight is 283 g/mol. The van der Waals surface area contributed by atoms with E-state index < -0.39 is 5.82 Å². The molecule has 1 N–H and O–H groups in total. The van der Waals surface area contributed by atoms with Gasteiger partial charge in [-0.15, -0.1) is 10.2 Å². The second kappa shape index (κ2) is 5.54. The van der Waals surface area contributed by atoms with Crippen molar-refractivity contribution in [2.24, 2.45) is 0 Å². The number of aromatic nitrogens is 2. The molecule has 0 aliphatic heterocycles. The second-order valence-corrected chi connectivity index (χ2v) is 4.29. The zero-order valence-electron chi connectivity index (χ0n) is 10.8. The summed E-state index contributed by atoms with van der Waals surface area (Å²) in [5, 5.41) is 9.99. The van der Waals surface area contributed by atoms with Gasteiger partial charge < -0.3 is 9.73 Å². The van der Waals surface area contributed by atoms with Crippen LogP contribution in [0.15, 0.2) is 59.3 Å². The van der Waals surface area contributed by atoms with Gasteiger partial charge in [-0.3, -0.25) is 4.79 Å². The fraction of sp³-hybridized carbons (Fsp3) is 0. The summed E-state index contributed by atoms with van der Waals surface area (Å²) in [7, 11) is 0. The summed E-state index contributed by atoms with van der Waals surface area (Å²) in [6.07, 6.45) is 1.24. The molecule has 0 spiro atoms. The smallest absolute Gasteiger partial charge is 0.255 e. The minimum Gasteiger partial charge on any atom is -0.423 e. The van der Waals surface area contributed by atoms with Gasteiger partial charge in [0.2, 0.25) is 12.3 Å². The quantitative estimate of drug-likeness (QED) is 0.801. The van der Waals surface area contributed by atoms with Crippen LogP contribution in [-0.2, 0) is 0 Å². The molecule has 0 saturated heterocycles. The third kappa shape index (κ3) is 2.94. The summed E-state index contributed by atoms with van der Waals surface area (Å²) in [5.74, 6) is -0.343. The molecule has 0 bridgehead atoms. The van der Waals surface area contributed by atoms with Gasteiger partial charge in [-0.1, -0.05) is 6.07 Å². The fourth-order valence-electron chi connectivity index (χ4n) is 1.83. The van der Waals surface area contributed by atoms with Crippen molar-refractivity contribution in [1.29, 1.82) is 0 Å². The van der Waals surface area contributed by atoms with E-state index >= 15 is 0 Å². The Morgan fingerprint density at radius 1 is 1.14 bits per heavy atom. The van der Waals surface area contributed by atoms with E-state index in [9.17, 15) is 9.18 Å². The molecule has 21 heavy (non-hydrogen) atoms. The van der Waals surface area contributed by atoms with Gasteiger partial charge in [0.1, 0.15) is 5.82 Å². The van der Waals surface area contributed by atoms with E-state index in [0.29, 0.717) is 17.1 Å². The monoisotopic (exact) mass is 283 g/mol. The number of hydrogen-bond donors (Lipinski definition) is 1. The molecule has 0 fully saturated rings. The summed E-state index contributed by atoms with van der Waals surface area (Å²) in [4.78, 5) is 12.0. The highest BCUT2D eigenvalue weighted by atomic mass is 19.1. The highest BCUT2D eigenvalue weighted by molar-refractivity contribution is 6.04. The molecule has 0 saturated carbocycles. The van der Waals surface area contributed by atoms with E-state index in [0.717, 1.165) is 5.56 Å². The highest BCUT2D eigenvalue weighted by Crippen LogP contribution is 2.17. The molecule has 1 heterocycles. The molecule has 2 aromatic carbocycles. The summed E-state index contributed by atoms with van der Waals surface area (Å²) >= 11 is 0. The van der Waals surface area contributed by atoms with E-state index in [1.165, 1.54) is 24.6 Å². The lowest BCUT2D eigenvalue weighted by atomic mass is 10.1. The molecule has 0 aliphatic rings. The van der Waals surface area contributed by atoms with Crippen LogP contribution >= 0.6 is 0 Å². The van der Waals surface area contributed by atoms with E-state index in [2.05, 4.69) is 15.5 Å². The maximum Gasteiger partial charge on any atom is 0.255 e. The first-order valence-electron chi connectivity index (χ1n) is 6.16. The lowest BCUT2D eigenvalue weighted by Gasteiger charge is -2.05. The molecule has 3 rings (SSSR count). The minimum absolute atomic E-state index is 0.322. The number of rotatable bonds is 3. The number of carbonyl (C=O) groups excluding carboxylic acids is 1. The van der Waals surface area contributed by atoms with Gasteiger partial charge in [-0.2, -0.15) is 0 Å². The van der Waals surface area contributed by atoms with E-state index in [1.54, 1.807) is 30.3 Å². The molecule has 5 nitrogen and oxygen atoms in total. The van der Waals surface area contributed by atoms with Crippen molar-refractivity contribution in [3.05, 3.63) is 66.3 Å². The van der Waals surface area contributed by atoms with Gasteiger partial charge >= 0.3 is 0 Å². The largest absolute Gasteiger partial charge is 0.423 e. The molecular formula is C15H10FN3O2. The first-order chi connectivity index (χ1) is 10.2. The zero-order valence-corrected chi connectivity index (χ0v) is 10.8. The third-order valence-corrected chi connectivity index (χ3v) is 2.84. The molecule has 6 heteroatoms. The highest BCUT2D eigenvalue weighted by Gasteiger charge is 2.08. The van der Waals surface area contributed by atoms with Crippen molar-refractivity contribution in [3.8, 4) is 11.5 Å². The van der Waals surface area contributed by atoms with Crippen molar-refractivity contribution in [1.82, 2.24) is 10.2 Å². The molecule has 0 unspecified atom stereocenters. The Morgan fingerprint density at radius 3 is 2.62 bits per heavy atom. The van der Waals surface area contributed by atoms with Crippen LogP contribution in [0.4, 0.5) is 10.1 Å². The Hall–Kier alpha value is -3.02. The summed E-state index contributed by atoms with van der Waals surface area (Å²) in [6.45, 7) is 0. The number of carbonyl (C=O) groups is 1. The normalized spacial score (nSPS) is 10.3. The zero-order chi connectivity index (χ0) is 14.7. The van der Waals surface area contributed by atoms with Crippen molar-refractivity contribution in [2.45, 2.75) is 0 Å². The van der Waals surface area contributed by atoms with Gasteiger partial charge in [0.05, 0.1) is 0 Å². The van der Waals surface area contributed by atoms with Crippen molar-refractivity contribution in [2.75, 3.05) is 5.32 Å². The van der Waals surface area contributed by atoms with Crippen molar-refractivity contribution >= 4 is 11.6 Å². The van der Waals surface area contributed by atoms with Gasteiger partial charge in [-0.05, 0) is 42.5 Å². The van der Waals surface area contributed by atoms with Gasteiger partial charge in [-0.25, -0.2) is 4.39 Å². The third-order valence-electron chi connectivity index (χ3n) is 2.84. The van der Waals surface area contributed by atoms with Crippen LogP contribution in [0.5, 0.6) is 0 Å². The van der Waals surface area contributed by atoms with E-state index in [4.69, 9.17) is 4.42 Å². The molecule has 3 aromatic rings. The topological polar surface area (TPSA) is 68.0 Å². The van der Waals surface area contributed by atoms with E-state index in [1.807, 2.05) is 0 Å². The maximum absolute atomic E-state index is 13.1. The number of benzene rings is 2. The van der Waals surface area contributed by atoms with Crippen LogP contribution in [0, 0.1) is 5.82 Å². The molecule has 104 valence electrons. The lowest BCUT2D eigenvalue weighted by molar-refractivity contribution is 0.102. The maximum atomic E-state index is 13.1. The standard InChI is InChI=1S/C15H10FN3O2/c16-12-2-1-3-13(8-12)18-14(20)10-4-6-11(7-5-10)15-19-17-9-21-15/h1-9H,(H,18,20). The second-order valence-electron chi connectivity index (χ2n) is 4.29. The van der Waals surface area contributed by atoms with Crippen LogP contribution in [0.25, 0.3) is 11.5 Å². The van der Waals surface area contributed by atoms with Crippen LogP contribution in [0.1, 0.15) is 10.4 Å². The van der Waals surface area contributed by atoms with Gasteiger partial charge in [0.15, 0.2) is 0 Å². The predicted octanol–water partition coefficient (Wildman–Crippen LogP) is 3.13. The van der Waals surface area contributed by atoms with Crippen LogP contribution in [0.3, 0.4) is 0 Å². The Morgan fingerprint density at radius 2 is 1.95 bits per heavy atom. The van der Waals surface area contributed by atoms with Crippen molar-refractivity contribution < 1.29 is 13.6 Å². The fourth-order valence-corrected chi connectivity index (χ4v) is 1.83. The Balaban J connectivity index is 1.76. The van der Waals surface area contributed by atoms with Gasteiger partial charge in [0, 0.05) is 16.8 Å². The number of hydrogen-bond acceptors (Lipinski definition) is 4. The molecule has 0 atom stereocenters. The molecule has 0 radical (unpaired) electrons. The Labute approximate surface area is 119 Å². The number of amides is 1. The number of nitrogens with zero attached hydrogens (tertiary/aromatic N) is 2. The minimum atomic E-state index is -0.403. The molecule has 1 aromatic heterocycles. The van der Waals surface area contributed by atoms with Crippen LogP contribution in [0.2, 0.25) is 0 Å². The SMILES string of the molecule is O=C(Nc1cccc(F)c1)c1ccc(-c2nnco2)cc1. The predicted molar refractivity (Wildman–Crippen MR) is 74.1 cm³/mol. The summed E-state index contributed by atoms with van der Waals surface area (Å²) < 4.78 is 18.1. The van der Waals surface area contributed by atoms with E-state index in [-0.39, 0.29) is 5.91 Å². The Kier molecular flexibility index (Phi) is 3.42. The first kappa shape index (κ1) is 13.0. The summed E-state index contributed by atoms with van der Waals surface area (Å²) in [5.41, 5.74) is 1.57. The number of halogens is 1. The average Bonchev–Trinajstić information content (AvgIpc) is 3.01. The lowest BCUT2D eigenvalue weighted by Crippen LogP contribution is -2.11. The van der Waals surface area contributed by atoms with Crippen molar-refractivity contribution in [3.63, 3.8) is 0 Å². The molecular weight excluding hydrogens is 273 g/mol. The van der Waals surface area contributed by atoms with Gasteiger partial charge in [0.25, 0.3) is 5.91 Å². The number of anilines is 1. The molecule has 1 amide bonds. The Bertz CT molecular complexity index is 755. The van der Waals surface area contributed by atoms with Crippen LogP contribution < -0.4 is 5.32 Å².